The summed E-state index contributed by atoms with van der Waals surface area (Å²) in [6.45, 7) is 3.62. The van der Waals surface area contributed by atoms with Crippen LogP contribution in [-0.4, -0.2) is 36.5 Å². The lowest BCUT2D eigenvalue weighted by atomic mass is 9.95. The minimum atomic E-state index is 0.161. The van der Waals surface area contributed by atoms with Crippen molar-refractivity contribution < 1.29 is 4.79 Å². The molecule has 1 rings (SSSR count). The van der Waals surface area contributed by atoms with Crippen molar-refractivity contribution in [3.05, 3.63) is 0 Å². The van der Waals surface area contributed by atoms with Crippen LogP contribution in [0.5, 0.6) is 0 Å². The van der Waals surface area contributed by atoms with Gasteiger partial charge in [0.15, 0.2) is 0 Å². The number of rotatable bonds is 7. The van der Waals surface area contributed by atoms with Crippen LogP contribution in [0.15, 0.2) is 0 Å². The zero-order valence-corrected chi connectivity index (χ0v) is 11.9. The Bertz CT molecular complexity index is 217. The molecular weight excluding hydrogens is 232 g/mol. The quantitative estimate of drug-likeness (QED) is 0.688. The smallest absolute Gasteiger partial charge is 0.234 e. The summed E-state index contributed by atoms with van der Waals surface area (Å²) in [5.41, 5.74) is 0. The fraction of sp³-hybridized carbons (Fsp3) is 0.923. The summed E-state index contributed by atoms with van der Waals surface area (Å²) in [5.74, 6) is 0.161. The molecule has 2 N–H and O–H groups in total. The van der Waals surface area contributed by atoms with Crippen LogP contribution in [0, 0.1) is 0 Å². The maximum atomic E-state index is 11.6. The van der Waals surface area contributed by atoms with E-state index < -0.39 is 0 Å². The second kappa shape index (κ2) is 8.81. The lowest BCUT2D eigenvalue weighted by molar-refractivity contribution is -0.121. The molecule has 0 aromatic carbocycles. The van der Waals surface area contributed by atoms with Crippen LogP contribution in [0.4, 0.5) is 0 Å². The van der Waals surface area contributed by atoms with Crippen molar-refractivity contribution >= 4 is 17.7 Å². The lowest BCUT2D eigenvalue weighted by Crippen LogP contribution is -2.41. The van der Waals surface area contributed by atoms with Crippen molar-refractivity contribution in [1.29, 1.82) is 0 Å². The fourth-order valence-electron chi connectivity index (χ4n) is 2.15. The van der Waals surface area contributed by atoms with E-state index in [9.17, 15) is 4.79 Å². The van der Waals surface area contributed by atoms with Crippen LogP contribution < -0.4 is 10.6 Å². The minimum absolute atomic E-state index is 0.161. The summed E-state index contributed by atoms with van der Waals surface area (Å²) >= 11 is 1.87. The third kappa shape index (κ3) is 6.94. The number of carbonyl (C=O) groups excluding carboxylic acids is 1. The number of hydrogen-bond donors (Lipinski definition) is 2. The highest BCUT2D eigenvalue weighted by molar-refractivity contribution is 7.99. The topological polar surface area (TPSA) is 41.1 Å². The largest absolute Gasteiger partial charge is 0.352 e. The first-order valence-electron chi connectivity index (χ1n) is 6.75. The summed E-state index contributed by atoms with van der Waals surface area (Å²) in [4.78, 5) is 11.6. The summed E-state index contributed by atoms with van der Waals surface area (Å²) in [6.07, 6.45) is 9.44. The minimum Gasteiger partial charge on any atom is -0.352 e. The standard InChI is InChI=1S/C13H26N2OS/c1-11(17-2)8-9-14-10-13(16)15-12-6-4-3-5-7-12/h11-12,14H,3-10H2,1-2H3,(H,15,16). The highest BCUT2D eigenvalue weighted by Gasteiger charge is 2.15. The van der Waals surface area contributed by atoms with Crippen molar-refractivity contribution in [2.45, 2.75) is 56.7 Å². The van der Waals surface area contributed by atoms with Gasteiger partial charge in [-0.05, 0) is 32.1 Å². The van der Waals surface area contributed by atoms with E-state index in [2.05, 4.69) is 23.8 Å². The van der Waals surface area contributed by atoms with Gasteiger partial charge in [0.2, 0.25) is 5.91 Å². The highest BCUT2D eigenvalue weighted by Crippen LogP contribution is 2.17. The van der Waals surface area contributed by atoms with Crippen molar-refractivity contribution in [3.8, 4) is 0 Å². The molecule has 1 aliphatic carbocycles. The molecule has 0 aliphatic heterocycles. The molecular formula is C13H26N2OS. The van der Waals surface area contributed by atoms with Crippen molar-refractivity contribution in [3.63, 3.8) is 0 Å². The van der Waals surface area contributed by atoms with Crippen molar-refractivity contribution in [2.24, 2.45) is 0 Å². The molecule has 100 valence electrons. The van der Waals surface area contributed by atoms with Gasteiger partial charge in [-0.2, -0.15) is 11.8 Å². The molecule has 0 aromatic heterocycles. The Hall–Kier alpha value is -0.220. The molecule has 0 heterocycles. The Morgan fingerprint density at radius 3 is 2.71 bits per heavy atom. The monoisotopic (exact) mass is 258 g/mol. The lowest BCUT2D eigenvalue weighted by Gasteiger charge is -2.22. The molecule has 1 aliphatic rings. The molecule has 0 radical (unpaired) electrons. The van der Waals surface area contributed by atoms with Gasteiger partial charge in [0.25, 0.3) is 0 Å². The van der Waals surface area contributed by atoms with Crippen molar-refractivity contribution in [1.82, 2.24) is 10.6 Å². The molecule has 0 bridgehead atoms. The Balaban J connectivity index is 2.00. The summed E-state index contributed by atoms with van der Waals surface area (Å²) < 4.78 is 0. The van der Waals surface area contributed by atoms with Gasteiger partial charge in [0.1, 0.15) is 0 Å². The SMILES string of the molecule is CSC(C)CCNCC(=O)NC1CCCCC1. The molecule has 3 nitrogen and oxygen atoms in total. The van der Waals surface area contributed by atoms with E-state index in [4.69, 9.17) is 0 Å². The second-order valence-electron chi connectivity index (χ2n) is 4.91. The van der Waals surface area contributed by atoms with Crippen molar-refractivity contribution in [2.75, 3.05) is 19.3 Å². The zero-order valence-electron chi connectivity index (χ0n) is 11.1. The fourth-order valence-corrected chi connectivity index (χ4v) is 2.50. The summed E-state index contributed by atoms with van der Waals surface area (Å²) in [6, 6.07) is 0.433. The van der Waals surface area contributed by atoms with Gasteiger partial charge in [-0.25, -0.2) is 0 Å². The molecule has 0 saturated heterocycles. The Morgan fingerprint density at radius 1 is 1.35 bits per heavy atom. The van der Waals surface area contributed by atoms with Crippen LogP contribution in [0.3, 0.4) is 0 Å². The van der Waals surface area contributed by atoms with Gasteiger partial charge in [-0.15, -0.1) is 0 Å². The van der Waals surface area contributed by atoms with E-state index in [1.54, 1.807) is 0 Å². The van der Waals surface area contributed by atoms with Gasteiger partial charge in [0.05, 0.1) is 6.54 Å². The normalized spacial score (nSPS) is 18.9. The van der Waals surface area contributed by atoms with Gasteiger partial charge >= 0.3 is 0 Å². The number of amides is 1. The first-order valence-corrected chi connectivity index (χ1v) is 8.04. The zero-order chi connectivity index (χ0) is 12.5. The molecule has 4 heteroatoms. The van der Waals surface area contributed by atoms with E-state index in [0.29, 0.717) is 17.8 Å². The van der Waals surface area contributed by atoms with Crippen LogP contribution in [-0.2, 0) is 4.79 Å². The summed E-state index contributed by atoms with van der Waals surface area (Å²) in [7, 11) is 0. The molecule has 0 aromatic rings. The van der Waals surface area contributed by atoms with Gasteiger partial charge in [-0.1, -0.05) is 26.2 Å². The number of thioether (sulfide) groups is 1. The summed E-state index contributed by atoms with van der Waals surface area (Å²) in [5, 5.41) is 7.00. The van der Waals surface area contributed by atoms with Gasteiger partial charge in [0, 0.05) is 11.3 Å². The number of hydrogen-bond acceptors (Lipinski definition) is 3. The number of carbonyl (C=O) groups is 1. The Morgan fingerprint density at radius 2 is 2.06 bits per heavy atom. The van der Waals surface area contributed by atoms with E-state index in [1.165, 1.54) is 19.3 Å². The predicted octanol–water partition coefficient (Wildman–Crippen LogP) is 2.17. The third-order valence-corrected chi connectivity index (χ3v) is 4.43. The van der Waals surface area contributed by atoms with Crippen LogP contribution in [0.2, 0.25) is 0 Å². The first kappa shape index (κ1) is 14.8. The average Bonchev–Trinajstić information content (AvgIpc) is 2.35. The van der Waals surface area contributed by atoms with Gasteiger partial charge in [-0.3, -0.25) is 4.79 Å². The molecule has 0 spiro atoms. The van der Waals surface area contributed by atoms with Gasteiger partial charge < -0.3 is 10.6 Å². The highest BCUT2D eigenvalue weighted by atomic mass is 32.2. The maximum Gasteiger partial charge on any atom is 0.234 e. The molecule has 1 atom stereocenters. The van der Waals surface area contributed by atoms with E-state index in [0.717, 1.165) is 25.8 Å². The molecule has 1 unspecified atom stereocenters. The first-order chi connectivity index (χ1) is 8.22. The third-order valence-electron chi connectivity index (χ3n) is 3.39. The Kier molecular flexibility index (Phi) is 7.69. The molecule has 1 fully saturated rings. The Labute approximate surface area is 109 Å². The predicted molar refractivity (Wildman–Crippen MR) is 75.5 cm³/mol. The van der Waals surface area contributed by atoms with E-state index in [-0.39, 0.29) is 5.91 Å². The van der Waals surface area contributed by atoms with Crippen LogP contribution in [0.1, 0.15) is 45.4 Å². The van der Waals surface area contributed by atoms with Crippen LogP contribution >= 0.6 is 11.8 Å². The number of nitrogens with one attached hydrogen (secondary N) is 2. The maximum absolute atomic E-state index is 11.6. The average molecular weight is 258 g/mol. The second-order valence-corrected chi connectivity index (χ2v) is 6.19. The van der Waals surface area contributed by atoms with E-state index in [1.807, 2.05) is 11.8 Å². The molecule has 1 saturated carbocycles. The van der Waals surface area contributed by atoms with Crippen LogP contribution in [0.25, 0.3) is 0 Å². The molecule has 1 amide bonds. The van der Waals surface area contributed by atoms with E-state index >= 15 is 0 Å². The molecule has 17 heavy (non-hydrogen) atoms.